The van der Waals surface area contributed by atoms with Gasteiger partial charge in [0.15, 0.2) is 11.6 Å². The van der Waals surface area contributed by atoms with E-state index in [1.54, 1.807) is 16.2 Å². The van der Waals surface area contributed by atoms with Crippen LogP contribution in [0.5, 0.6) is 0 Å². The van der Waals surface area contributed by atoms with Crippen LogP contribution in [0, 0.1) is 11.6 Å². The molecule has 0 saturated heterocycles. The number of fused-ring (bicyclic) bond motifs is 1. The van der Waals surface area contributed by atoms with Gasteiger partial charge in [-0.3, -0.25) is 4.79 Å². The molecule has 104 valence electrons. The number of rotatable bonds is 1. The van der Waals surface area contributed by atoms with Crippen LogP contribution in [0.3, 0.4) is 0 Å². The maximum atomic E-state index is 13.7. The van der Waals surface area contributed by atoms with Gasteiger partial charge in [-0.25, -0.2) is 8.78 Å². The van der Waals surface area contributed by atoms with Crippen molar-refractivity contribution in [3.8, 4) is 0 Å². The molecule has 0 spiro atoms. The predicted octanol–water partition coefficient (Wildman–Crippen LogP) is 3.79. The summed E-state index contributed by atoms with van der Waals surface area (Å²) in [6.45, 7) is 2.45. The largest absolute Gasteiger partial charge is 0.331 e. The minimum atomic E-state index is -1.07. The maximum Gasteiger partial charge on any atom is 0.257 e. The molecule has 2 aromatic rings. The van der Waals surface area contributed by atoms with E-state index in [2.05, 4.69) is 0 Å². The first-order valence-corrected chi connectivity index (χ1v) is 7.29. The highest BCUT2D eigenvalue weighted by atomic mass is 32.1. The lowest BCUT2D eigenvalue weighted by molar-refractivity contribution is 0.0673. The second-order valence-electron chi connectivity index (χ2n) is 4.83. The fourth-order valence-corrected chi connectivity index (χ4v) is 3.57. The lowest BCUT2D eigenvalue weighted by Gasteiger charge is -2.33. The van der Waals surface area contributed by atoms with Gasteiger partial charge in [0.2, 0.25) is 0 Å². The molecular formula is C15H13F2NOS. The van der Waals surface area contributed by atoms with E-state index in [-0.39, 0.29) is 11.6 Å². The van der Waals surface area contributed by atoms with Crippen molar-refractivity contribution in [1.29, 1.82) is 0 Å². The fraction of sp³-hybridized carbons (Fsp3) is 0.267. The predicted molar refractivity (Wildman–Crippen MR) is 73.8 cm³/mol. The van der Waals surface area contributed by atoms with Gasteiger partial charge in [0.1, 0.15) is 0 Å². The summed E-state index contributed by atoms with van der Waals surface area (Å²) in [4.78, 5) is 15.3. The number of carbonyl (C=O) groups excluding carboxylic acids is 1. The van der Waals surface area contributed by atoms with Crippen molar-refractivity contribution < 1.29 is 13.6 Å². The Bertz CT molecular complexity index is 668. The van der Waals surface area contributed by atoms with Gasteiger partial charge in [0, 0.05) is 11.4 Å². The summed E-state index contributed by atoms with van der Waals surface area (Å²) in [6.07, 6.45) is 0.764. The lowest BCUT2D eigenvalue weighted by Crippen LogP contribution is -2.38. The summed E-state index contributed by atoms with van der Waals surface area (Å²) in [5.74, 6) is -2.51. The first-order chi connectivity index (χ1) is 9.59. The van der Waals surface area contributed by atoms with E-state index in [0.29, 0.717) is 6.54 Å². The van der Waals surface area contributed by atoms with Crippen molar-refractivity contribution in [3.05, 3.63) is 57.3 Å². The van der Waals surface area contributed by atoms with Gasteiger partial charge in [0.05, 0.1) is 11.6 Å². The minimum absolute atomic E-state index is 0.111. The number of thiophene rings is 1. The van der Waals surface area contributed by atoms with Gasteiger partial charge in [-0.1, -0.05) is 6.07 Å². The first-order valence-electron chi connectivity index (χ1n) is 6.41. The van der Waals surface area contributed by atoms with Crippen LogP contribution in [0.2, 0.25) is 0 Å². The molecule has 1 aromatic carbocycles. The van der Waals surface area contributed by atoms with Crippen LogP contribution in [0.4, 0.5) is 8.78 Å². The average molecular weight is 293 g/mol. The Morgan fingerprint density at radius 2 is 2.15 bits per heavy atom. The zero-order valence-corrected chi connectivity index (χ0v) is 11.7. The SMILES string of the molecule is CC1c2ccsc2CCN1C(=O)c1cccc(F)c1F. The Morgan fingerprint density at radius 1 is 1.35 bits per heavy atom. The molecule has 0 radical (unpaired) electrons. The molecule has 5 heteroatoms. The molecule has 1 aliphatic rings. The number of benzene rings is 1. The molecule has 1 aliphatic heterocycles. The fourth-order valence-electron chi connectivity index (χ4n) is 2.61. The highest BCUT2D eigenvalue weighted by Crippen LogP contribution is 2.33. The van der Waals surface area contributed by atoms with Crippen molar-refractivity contribution in [2.24, 2.45) is 0 Å². The van der Waals surface area contributed by atoms with Crippen LogP contribution in [0.15, 0.2) is 29.6 Å². The lowest BCUT2D eigenvalue weighted by atomic mass is 10.00. The summed E-state index contributed by atoms with van der Waals surface area (Å²) in [5, 5.41) is 2.00. The molecule has 2 heterocycles. The van der Waals surface area contributed by atoms with Gasteiger partial charge >= 0.3 is 0 Å². The summed E-state index contributed by atoms with van der Waals surface area (Å²) in [6, 6.07) is 5.59. The highest BCUT2D eigenvalue weighted by Gasteiger charge is 2.30. The molecule has 0 saturated carbocycles. The third-order valence-corrected chi connectivity index (χ3v) is 4.72. The maximum absolute atomic E-state index is 13.7. The normalized spacial score (nSPS) is 17.9. The molecule has 0 fully saturated rings. The second kappa shape index (κ2) is 4.98. The molecule has 20 heavy (non-hydrogen) atoms. The third-order valence-electron chi connectivity index (χ3n) is 3.72. The van der Waals surface area contributed by atoms with Gasteiger partial charge in [-0.15, -0.1) is 11.3 Å². The third kappa shape index (κ3) is 2.02. The van der Waals surface area contributed by atoms with E-state index in [0.717, 1.165) is 18.1 Å². The topological polar surface area (TPSA) is 20.3 Å². The number of halogens is 2. The Morgan fingerprint density at radius 3 is 2.95 bits per heavy atom. The molecule has 1 amide bonds. The first kappa shape index (κ1) is 13.2. The van der Waals surface area contributed by atoms with Crippen molar-refractivity contribution in [3.63, 3.8) is 0 Å². The molecule has 0 aliphatic carbocycles. The van der Waals surface area contributed by atoms with E-state index in [9.17, 15) is 13.6 Å². The van der Waals surface area contributed by atoms with E-state index < -0.39 is 17.5 Å². The van der Waals surface area contributed by atoms with Crippen molar-refractivity contribution in [2.45, 2.75) is 19.4 Å². The van der Waals surface area contributed by atoms with E-state index in [1.807, 2.05) is 18.4 Å². The molecule has 2 nitrogen and oxygen atoms in total. The van der Waals surface area contributed by atoms with Gasteiger partial charge < -0.3 is 4.90 Å². The summed E-state index contributed by atoms with van der Waals surface area (Å²) in [7, 11) is 0. The van der Waals surface area contributed by atoms with Crippen LogP contribution >= 0.6 is 11.3 Å². The van der Waals surface area contributed by atoms with Gasteiger partial charge in [-0.05, 0) is 42.5 Å². The molecule has 3 rings (SSSR count). The Balaban J connectivity index is 1.94. The molecule has 1 unspecified atom stereocenters. The molecular weight excluding hydrogens is 280 g/mol. The second-order valence-corrected chi connectivity index (χ2v) is 5.83. The summed E-state index contributed by atoms with van der Waals surface area (Å²) < 4.78 is 27.0. The van der Waals surface area contributed by atoms with Crippen LogP contribution in [0.25, 0.3) is 0 Å². The van der Waals surface area contributed by atoms with Crippen LogP contribution < -0.4 is 0 Å². The standard InChI is InChI=1S/C15H13F2NOS/c1-9-10-6-8-20-13(10)5-7-18(9)15(19)11-3-2-4-12(16)14(11)17/h2-4,6,8-9H,5,7H2,1H3. The molecule has 1 aromatic heterocycles. The Labute approximate surface area is 119 Å². The van der Waals surface area contributed by atoms with Crippen LogP contribution in [-0.4, -0.2) is 17.4 Å². The van der Waals surface area contributed by atoms with E-state index in [4.69, 9.17) is 0 Å². The summed E-state index contributed by atoms with van der Waals surface area (Å²) in [5.41, 5.74) is 0.905. The van der Waals surface area contributed by atoms with E-state index in [1.165, 1.54) is 17.0 Å². The molecule has 0 bridgehead atoms. The number of hydrogen-bond acceptors (Lipinski definition) is 2. The van der Waals surface area contributed by atoms with Gasteiger partial charge in [-0.2, -0.15) is 0 Å². The molecule has 0 N–H and O–H groups in total. The highest BCUT2D eigenvalue weighted by molar-refractivity contribution is 7.10. The van der Waals surface area contributed by atoms with Crippen LogP contribution in [-0.2, 0) is 6.42 Å². The zero-order chi connectivity index (χ0) is 14.3. The number of amides is 1. The minimum Gasteiger partial charge on any atom is -0.331 e. The van der Waals surface area contributed by atoms with Crippen molar-refractivity contribution in [1.82, 2.24) is 4.90 Å². The van der Waals surface area contributed by atoms with Crippen LogP contribution in [0.1, 0.15) is 33.8 Å². The molecule has 1 atom stereocenters. The smallest absolute Gasteiger partial charge is 0.257 e. The zero-order valence-electron chi connectivity index (χ0n) is 10.9. The monoisotopic (exact) mass is 293 g/mol. The Hall–Kier alpha value is -1.75. The number of nitrogens with zero attached hydrogens (tertiary/aromatic N) is 1. The van der Waals surface area contributed by atoms with Gasteiger partial charge in [0.25, 0.3) is 5.91 Å². The quantitative estimate of drug-likeness (QED) is 0.783. The van der Waals surface area contributed by atoms with Crippen molar-refractivity contribution in [2.75, 3.05) is 6.54 Å². The number of carbonyl (C=O) groups is 1. The number of hydrogen-bond donors (Lipinski definition) is 0. The van der Waals surface area contributed by atoms with E-state index >= 15 is 0 Å². The average Bonchev–Trinajstić information content (AvgIpc) is 2.91. The van der Waals surface area contributed by atoms with Crippen molar-refractivity contribution >= 4 is 17.2 Å². The summed E-state index contributed by atoms with van der Waals surface area (Å²) >= 11 is 1.67. The Kier molecular flexibility index (Phi) is 3.30.